The number of amides is 1. The third-order valence-corrected chi connectivity index (χ3v) is 7.63. The van der Waals surface area contributed by atoms with Crippen molar-refractivity contribution in [2.45, 2.75) is 30.6 Å². The molecule has 0 N–H and O–H groups in total. The van der Waals surface area contributed by atoms with E-state index < -0.39 is 10.0 Å². The normalized spacial score (nSPS) is 27.4. The van der Waals surface area contributed by atoms with Gasteiger partial charge in [-0.1, -0.05) is 0 Å². The quantitative estimate of drug-likeness (QED) is 0.819. The second-order valence-electron chi connectivity index (χ2n) is 7.41. The predicted molar refractivity (Wildman–Crippen MR) is 92.8 cm³/mol. The molecule has 1 aromatic carbocycles. The van der Waals surface area contributed by atoms with Crippen molar-refractivity contribution in [3.8, 4) is 0 Å². The number of ether oxygens (including phenoxy) is 1. The van der Waals surface area contributed by atoms with Crippen LogP contribution >= 0.6 is 0 Å². The molecule has 1 unspecified atom stereocenters. The van der Waals surface area contributed by atoms with Gasteiger partial charge in [0.2, 0.25) is 10.0 Å². The van der Waals surface area contributed by atoms with Gasteiger partial charge in [-0.25, -0.2) is 8.42 Å². The van der Waals surface area contributed by atoms with Crippen LogP contribution in [0.3, 0.4) is 0 Å². The average molecular weight is 364 g/mol. The third kappa shape index (κ3) is 3.09. The number of rotatable bonds is 3. The molecular weight excluding hydrogens is 340 g/mol. The largest absolute Gasteiger partial charge is 0.381 e. The molecule has 0 radical (unpaired) electrons. The molecule has 1 atom stereocenters. The molecule has 3 heterocycles. The number of benzene rings is 1. The molecule has 1 aromatic rings. The van der Waals surface area contributed by atoms with Gasteiger partial charge in [-0.3, -0.25) is 4.79 Å². The lowest BCUT2D eigenvalue weighted by Gasteiger charge is -2.22. The number of carbonyl (C=O) groups excluding carboxylic acids is 1. The molecule has 3 aliphatic heterocycles. The van der Waals surface area contributed by atoms with Crippen LogP contribution in [0.25, 0.3) is 0 Å². The van der Waals surface area contributed by atoms with E-state index in [2.05, 4.69) is 0 Å². The fraction of sp³-hybridized carbons (Fsp3) is 0.611. The summed E-state index contributed by atoms with van der Waals surface area (Å²) in [7, 11) is -3.43. The Labute approximate surface area is 148 Å². The standard InChI is InChI=1S/C18H24N2O4S/c21-17(19-11-7-18(13-19)8-12-24-14-18)15-3-5-16(6-4-15)25(22,23)20-9-1-2-10-20/h3-6H,1-2,7-14H2. The molecule has 1 spiro atoms. The number of sulfonamides is 1. The van der Waals surface area contributed by atoms with Gasteiger partial charge in [0.1, 0.15) is 0 Å². The Balaban J connectivity index is 1.48. The molecule has 7 heteroatoms. The molecular formula is C18H24N2O4S. The topological polar surface area (TPSA) is 66.9 Å². The number of carbonyl (C=O) groups is 1. The fourth-order valence-corrected chi connectivity index (χ4v) is 5.63. The van der Waals surface area contributed by atoms with E-state index in [1.807, 2.05) is 4.90 Å². The molecule has 6 nitrogen and oxygen atoms in total. The predicted octanol–water partition coefficient (Wildman–Crippen LogP) is 1.72. The van der Waals surface area contributed by atoms with Crippen LogP contribution in [0.4, 0.5) is 0 Å². The van der Waals surface area contributed by atoms with Crippen LogP contribution in [0, 0.1) is 5.41 Å². The Hall–Kier alpha value is -1.44. The molecule has 0 aliphatic carbocycles. The van der Waals surface area contributed by atoms with Crippen LogP contribution in [-0.4, -0.2) is 62.9 Å². The van der Waals surface area contributed by atoms with Gasteiger partial charge in [-0.15, -0.1) is 0 Å². The number of hydrogen-bond acceptors (Lipinski definition) is 4. The van der Waals surface area contributed by atoms with Crippen LogP contribution in [0.15, 0.2) is 29.2 Å². The maximum absolute atomic E-state index is 12.7. The molecule has 3 aliphatic rings. The van der Waals surface area contributed by atoms with Gasteiger partial charge in [0, 0.05) is 43.8 Å². The van der Waals surface area contributed by atoms with Gasteiger partial charge in [0.25, 0.3) is 5.91 Å². The summed E-state index contributed by atoms with van der Waals surface area (Å²) in [6, 6.07) is 6.40. The van der Waals surface area contributed by atoms with Crippen molar-refractivity contribution in [1.29, 1.82) is 0 Å². The molecule has 3 saturated heterocycles. The molecule has 0 saturated carbocycles. The fourth-order valence-electron chi connectivity index (χ4n) is 4.11. The van der Waals surface area contributed by atoms with Crippen LogP contribution in [0.5, 0.6) is 0 Å². The lowest BCUT2D eigenvalue weighted by Crippen LogP contribution is -2.32. The number of nitrogens with zero attached hydrogens (tertiary/aromatic N) is 2. The van der Waals surface area contributed by atoms with E-state index in [1.165, 1.54) is 4.31 Å². The Bertz CT molecular complexity index is 748. The minimum Gasteiger partial charge on any atom is -0.381 e. The monoisotopic (exact) mass is 364 g/mol. The Morgan fingerprint density at radius 3 is 2.40 bits per heavy atom. The minimum absolute atomic E-state index is 0.0195. The van der Waals surface area contributed by atoms with Crippen LogP contribution in [0.1, 0.15) is 36.0 Å². The van der Waals surface area contributed by atoms with Gasteiger partial charge < -0.3 is 9.64 Å². The molecule has 3 fully saturated rings. The SMILES string of the molecule is O=C(c1ccc(S(=O)(=O)N2CCCC2)cc1)N1CCC2(CCOC2)C1. The summed E-state index contributed by atoms with van der Waals surface area (Å²) in [5.74, 6) is -0.0195. The van der Waals surface area contributed by atoms with Crippen molar-refractivity contribution in [2.24, 2.45) is 5.41 Å². The van der Waals surface area contributed by atoms with Crippen molar-refractivity contribution in [3.63, 3.8) is 0 Å². The maximum Gasteiger partial charge on any atom is 0.253 e. The van der Waals surface area contributed by atoms with Gasteiger partial charge in [0.05, 0.1) is 11.5 Å². The molecule has 136 valence electrons. The first-order valence-corrected chi connectivity index (χ1v) is 10.4. The minimum atomic E-state index is -3.43. The zero-order valence-corrected chi connectivity index (χ0v) is 15.1. The summed E-state index contributed by atoms with van der Waals surface area (Å²) >= 11 is 0. The smallest absolute Gasteiger partial charge is 0.253 e. The van der Waals surface area contributed by atoms with E-state index in [0.717, 1.165) is 52.0 Å². The van der Waals surface area contributed by atoms with E-state index in [4.69, 9.17) is 4.74 Å². The van der Waals surface area contributed by atoms with Crippen molar-refractivity contribution in [2.75, 3.05) is 39.4 Å². The highest BCUT2D eigenvalue weighted by molar-refractivity contribution is 7.89. The van der Waals surface area contributed by atoms with E-state index in [9.17, 15) is 13.2 Å². The summed E-state index contributed by atoms with van der Waals surface area (Å²) < 4.78 is 32.1. The first kappa shape index (κ1) is 17.0. The Morgan fingerprint density at radius 1 is 1.04 bits per heavy atom. The highest BCUT2D eigenvalue weighted by atomic mass is 32.2. The van der Waals surface area contributed by atoms with Crippen LogP contribution in [-0.2, 0) is 14.8 Å². The highest BCUT2D eigenvalue weighted by Gasteiger charge is 2.42. The maximum atomic E-state index is 12.7. The summed E-state index contributed by atoms with van der Waals surface area (Å²) in [6.45, 7) is 4.17. The van der Waals surface area contributed by atoms with Gasteiger partial charge in [0.15, 0.2) is 0 Å². The zero-order valence-electron chi connectivity index (χ0n) is 14.3. The average Bonchev–Trinajstić information content (AvgIpc) is 3.38. The third-order valence-electron chi connectivity index (χ3n) is 5.71. The molecule has 1 amide bonds. The lowest BCUT2D eigenvalue weighted by molar-refractivity contribution is 0.0765. The summed E-state index contributed by atoms with van der Waals surface area (Å²) in [5.41, 5.74) is 0.686. The highest BCUT2D eigenvalue weighted by Crippen LogP contribution is 2.38. The van der Waals surface area contributed by atoms with Crippen molar-refractivity contribution in [3.05, 3.63) is 29.8 Å². The van der Waals surface area contributed by atoms with Crippen LogP contribution < -0.4 is 0 Å². The molecule has 0 bridgehead atoms. The second-order valence-corrected chi connectivity index (χ2v) is 9.35. The lowest BCUT2D eigenvalue weighted by atomic mass is 9.87. The Kier molecular flexibility index (Phi) is 4.33. The first-order valence-electron chi connectivity index (χ1n) is 8.98. The first-order chi connectivity index (χ1) is 12.0. The number of likely N-dealkylation sites (tertiary alicyclic amines) is 1. The molecule has 25 heavy (non-hydrogen) atoms. The van der Waals surface area contributed by atoms with E-state index in [1.54, 1.807) is 24.3 Å². The van der Waals surface area contributed by atoms with Crippen molar-refractivity contribution >= 4 is 15.9 Å². The van der Waals surface area contributed by atoms with E-state index in [-0.39, 0.29) is 16.2 Å². The van der Waals surface area contributed by atoms with Gasteiger partial charge in [-0.05, 0) is 49.9 Å². The number of hydrogen-bond donors (Lipinski definition) is 0. The van der Waals surface area contributed by atoms with Gasteiger partial charge >= 0.3 is 0 Å². The molecule has 0 aromatic heterocycles. The summed E-state index contributed by atoms with van der Waals surface area (Å²) in [4.78, 5) is 14.9. The summed E-state index contributed by atoms with van der Waals surface area (Å²) in [5, 5.41) is 0. The second kappa shape index (κ2) is 6.37. The van der Waals surface area contributed by atoms with Crippen LogP contribution in [0.2, 0.25) is 0 Å². The van der Waals surface area contributed by atoms with Crippen molar-refractivity contribution in [1.82, 2.24) is 9.21 Å². The summed E-state index contributed by atoms with van der Waals surface area (Å²) in [6.07, 6.45) is 3.83. The van der Waals surface area contributed by atoms with E-state index in [0.29, 0.717) is 18.7 Å². The Morgan fingerprint density at radius 2 is 1.76 bits per heavy atom. The molecule has 4 rings (SSSR count). The zero-order chi connectivity index (χ0) is 17.5. The van der Waals surface area contributed by atoms with Gasteiger partial charge in [-0.2, -0.15) is 4.31 Å². The van der Waals surface area contributed by atoms with Crippen molar-refractivity contribution < 1.29 is 17.9 Å². The van der Waals surface area contributed by atoms with E-state index >= 15 is 0 Å².